The average molecular weight is 343 g/mol. The number of nitrogens with one attached hydrogen (secondary N) is 2. The number of furan rings is 1. The first-order valence-electron chi connectivity index (χ1n) is 8.74. The zero-order valence-corrected chi connectivity index (χ0v) is 15.6. The van der Waals surface area contributed by atoms with Crippen molar-refractivity contribution >= 4 is 5.96 Å². The maximum atomic E-state index is 5.36. The second-order valence-corrected chi connectivity index (χ2v) is 6.56. The Morgan fingerprint density at radius 2 is 1.92 bits per heavy atom. The highest BCUT2D eigenvalue weighted by atomic mass is 16.5. The molecule has 0 fully saturated rings. The quantitative estimate of drug-likeness (QED) is 0.570. The predicted molar refractivity (Wildman–Crippen MR) is 102 cm³/mol. The van der Waals surface area contributed by atoms with Gasteiger partial charge in [0.15, 0.2) is 5.96 Å². The number of nitrogens with zero attached hydrogens (tertiary/aromatic N) is 1. The normalized spacial score (nSPS) is 12.1. The lowest BCUT2D eigenvalue weighted by Crippen LogP contribution is -2.39. The van der Waals surface area contributed by atoms with Gasteiger partial charge >= 0.3 is 0 Å². The molecule has 0 atom stereocenters. The van der Waals surface area contributed by atoms with Gasteiger partial charge in [0.05, 0.1) is 19.9 Å². The Bertz CT molecular complexity index is 646. The molecule has 0 aliphatic rings. The van der Waals surface area contributed by atoms with E-state index < -0.39 is 0 Å². The standard InChI is InChI=1S/C20H29N3O2/c1-5-21-19(22-13-12-18-7-6-14-25-18)23-15-20(2,3)16-8-10-17(24-4)11-9-16/h6-11,14H,5,12-13,15H2,1-4H3,(H2,21,22,23). The fourth-order valence-corrected chi connectivity index (χ4v) is 2.51. The fourth-order valence-electron chi connectivity index (χ4n) is 2.51. The first-order valence-corrected chi connectivity index (χ1v) is 8.74. The number of rotatable bonds is 8. The fraction of sp³-hybridized carbons (Fsp3) is 0.450. The van der Waals surface area contributed by atoms with Crippen LogP contribution in [0.25, 0.3) is 0 Å². The van der Waals surface area contributed by atoms with Crippen LogP contribution in [-0.4, -0.2) is 32.7 Å². The first-order chi connectivity index (χ1) is 12.0. The second-order valence-electron chi connectivity index (χ2n) is 6.56. The zero-order valence-electron chi connectivity index (χ0n) is 15.6. The third-order valence-corrected chi connectivity index (χ3v) is 4.09. The third-order valence-electron chi connectivity index (χ3n) is 4.09. The zero-order chi connectivity index (χ0) is 18.1. The molecule has 1 aromatic heterocycles. The molecule has 0 amide bonds. The van der Waals surface area contributed by atoms with Crippen LogP contribution in [0.5, 0.6) is 5.75 Å². The smallest absolute Gasteiger partial charge is 0.191 e. The van der Waals surface area contributed by atoms with E-state index in [0.29, 0.717) is 6.54 Å². The summed E-state index contributed by atoms with van der Waals surface area (Å²) in [5.41, 5.74) is 1.18. The van der Waals surface area contributed by atoms with Gasteiger partial charge in [0.2, 0.25) is 0 Å². The molecule has 0 bridgehead atoms. The van der Waals surface area contributed by atoms with Crippen LogP contribution in [0.1, 0.15) is 32.1 Å². The molecule has 0 unspecified atom stereocenters. The van der Waals surface area contributed by atoms with Gasteiger partial charge in [-0.05, 0) is 36.8 Å². The largest absolute Gasteiger partial charge is 0.497 e. The predicted octanol–water partition coefficient (Wildman–Crippen LogP) is 3.36. The Hall–Kier alpha value is -2.43. The third kappa shape index (κ3) is 5.85. The maximum Gasteiger partial charge on any atom is 0.191 e. The van der Waals surface area contributed by atoms with Gasteiger partial charge in [-0.15, -0.1) is 0 Å². The molecule has 2 rings (SSSR count). The Morgan fingerprint density at radius 3 is 2.52 bits per heavy atom. The van der Waals surface area contributed by atoms with Crippen LogP contribution in [0.3, 0.4) is 0 Å². The van der Waals surface area contributed by atoms with Crippen molar-refractivity contribution in [2.75, 3.05) is 26.7 Å². The molecule has 1 aromatic carbocycles. The van der Waals surface area contributed by atoms with E-state index >= 15 is 0 Å². The lowest BCUT2D eigenvalue weighted by atomic mass is 9.85. The minimum atomic E-state index is -0.0599. The number of hydrogen-bond acceptors (Lipinski definition) is 3. The lowest BCUT2D eigenvalue weighted by Gasteiger charge is -2.24. The number of guanidine groups is 1. The summed E-state index contributed by atoms with van der Waals surface area (Å²) < 4.78 is 10.6. The average Bonchev–Trinajstić information content (AvgIpc) is 3.13. The van der Waals surface area contributed by atoms with Crippen molar-refractivity contribution in [3.8, 4) is 5.75 Å². The summed E-state index contributed by atoms with van der Waals surface area (Å²) in [5.74, 6) is 2.67. The van der Waals surface area contributed by atoms with Gasteiger partial charge in [-0.1, -0.05) is 26.0 Å². The van der Waals surface area contributed by atoms with E-state index in [-0.39, 0.29) is 5.41 Å². The molecule has 136 valence electrons. The summed E-state index contributed by atoms with van der Waals surface area (Å²) >= 11 is 0. The van der Waals surface area contributed by atoms with Crippen LogP contribution in [0, 0.1) is 0 Å². The van der Waals surface area contributed by atoms with E-state index in [9.17, 15) is 0 Å². The molecule has 0 aliphatic heterocycles. The highest BCUT2D eigenvalue weighted by Crippen LogP contribution is 2.25. The van der Waals surface area contributed by atoms with Crippen molar-refractivity contribution in [2.24, 2.45) is 4.99 Å². The van der Waals surface area contributed by atoms with E-state index in [4.69, 9.17) is 14.1 Å². The van der Waals surface area contributed by atoms with Gasteiger partial charge in [-0.25, -0.2) is 0 Å². The first kappa shape index (κ1) is 18.9. The molecule has 5 heteroatoms. The monoisotopic (exact) mass is 343 g/mol. The summed E-state index contributed by atoms with van der Waals surface area (Å²) in [6.45, 7) is 8.76. The SMILES string of the molecule is CCNC(=NCC(C)(C)c1ccc(OC)cc1)NCCc1ccco1. The summed E-state index contributed by atoms with van der Waals surface area (Å²) in [7, 11) is 1.68. The van der Waals surface area contributed by atoms with E-state index in [2.05, 4.69) is 43.5 Å². The number of benzene rings is 1. The van der Waals surface area contributed by atoms with Crippen LogP contribution < -0.4 is 15.4 Å². The van der Waals surface area contributed by atoms with Gasteiger partial charge in [0, 0.05) is 24.9 Å². The summed E-state index contributed by atoms with van der Waals surface area (Å²) in [5, 5.41) is 6.65. The van der Waals surface area contributed by atoms with Crippen molar-refractivity contribution in [3.63, 3.8) is 0 Å². The minimum absolute atomic E-state index is 0.0599. The molecule has 0 saturated carbocycles. The van der Waals surface area contributed by atoms with Gasteiger partial charge in [-0.3, -0.25) is 4.99 Å². The van der Waals surface area contributed by atoms with Crippen LogP contribution in [0.4, 0.5) is 0 Å². The van der Waals surface area contributed by atoms with Crippen molar-refractivity contribution < 1.29 is 9.15 Å². The Kier molecular flexibility index (Phi) is 6.92. The highest BCUT2D eigenvalue weighted by Gasteiger charge is 2.20. The minimum Gasteiger partial charge on any atom is -0.497 e. The van der Waals surface area contributed by atoms with Gasteiger partial charge in [0.1, 0.15) is 11.5 Å². The van der Waals surface area contributed by atoms with Crippen LogP contribution in [0.15, 0.2) is 52.1 Å². The lowest BCUT2D eigenvalue weighted by molar-refractivity contribution is 0.414. The van der Waals surface area contributed by atoms with Crippen molar-refractivity contribution in [1.82, 2.24) is 10.6 Å². The van der Waals surface area contributed by atoms with E-state index in [0.717, 1.165) is 37.0 Å². The molecule has 0 saturated heterocycles. The Labute approximate surface area is 150 Å². The maximum absolute atomic E-state index is 5.36. The van der Waals surface area contributed by atoms with Crippen LogP contribution in [-0.2, 0) is 11.8 Å². The molecule has 25 heavy (non-hydrogen) atoms. The summed E-state index contributed by atoms with van der Waals surface area (Å²) in [6.07, 6.45) is 2.53. The number of ether oxygens (including phenoxy) is 1. The molecular weight excluding hydrogens is 314 g/mol. The second kappa shape index (κ2) is 9.16. The molecule has 1 heterocycles. The molecule has 0 aliphatic carbocycles. The molecular formula is C20H29N3O2. The molecule has 2 N–H and O–H groups in total. The Balaban J connectivity index is 1.95. The van der Waals surface area contributed by atoms with Gasteiger partial charge in [0.25, 0.3) is 0 Å². The summed E-state index contributed by atoms with van der Waals surface area (Å²) in [4.78, 5) is 4.76. The number of aliphatic imine (C=N–C) groups is 1. The molecule has 0 radical (unpaired) electrons. The summed E-state index contributed by atoms with van der Waals surface area (Å²) in [6, 6.07) is 12.1. The Morgan fingerprint density at radius 1 is 1.16 bits per heavy atom. The number of hydrogen-bond donors (Lipinski definition) is 2. The van der Waals surface area contributed by atoms with Crippen LogP contribution in [0.2, 0.25) is 0 Å². The molecule has 5 nitrogen and oxygen atoms in total. The van der Waals surface area contributed by atoms with Crippen LogP contribution >= 0.6 is 0 Å². The van der Waals surface area contributed by atoms with E-state index in [1.165, 1.54) is 5.56 Å². The highest BCUT2D eigenvalue weighted by molar-refractivity contribution is 5.79. The van der Waals surface area contributed by atoms with Crippen molar-refractivity contribution in [2.45, 2.75) is 32.6 Å². The molecule has 2 aromatic rings. The van der Waals surface area contributed by atoms with E-state index in [1.54, 1.807) is 13.4 Å². The van der Waals surface area contributed by atoms with E-state index in [1.807, 2.05) is 24.3 Å². The topological polar surface area (TPSA) is 58.8 Å². The van der Waals surface area contributed by atoms with Gasteiger partial charge in [-0.2, -0.15) is 0 Å². The van der Waals surface area contributed by atoms with Gasteiger partial charge < -0.3 is 19.8 Å². The molecule has 0 spiro atoms. The number of methoxy groups -OCH3 is 1. The van der Waals surface area contributed by atoms with Crippen molar-refractivity contribution in [3.05, 3.63) is 54.0 Å². The van der Waals surface area contributed by atoms with Crippen molar-refractivity contribution in [1.29, 1.82) is 0 Å².